The Morgan fingerprint density at radius 1 is 1.42 bits per heavy atom. The van der Waals surface area contributed by atoms with Crippen molar-refractivity contribution in [3.63, 3.8) is 0 Å². The molecule has 1 N–H and O–H groups in total. The highest BCUT2D eigenvalue weighted by Crippen LogP contribution is 2.25. The molecule has 0 aromatic carbocycles. The van der Waals surface area contributed by atoms with Crippen molar-refractivity contribution >= 4 is 21.7 Å². The van der Waals surface area contributed by atoms with Crippen molar-refractivity contribution in [2.24, 2.45) is 5.92 Å². The van der Waals surface area contributed by atoms with Crippen LogP contribution in [0, 0.1) is 5.92 Å². The molecule has 0 aliphatic carbocycles. The van der Waals surface area contributed by atoms with Gasteiger partial charge in [0.2, 0.25) is 0 Å². The average molecular weight is 328 g/mol. The van der Waals surface area contributed by atoms with Crippen LogP contribution in [0.25, 0.3) is 0 Å². The Bertz CT molecular complexity index is 417. The number of anilines is 1. The average Bonchev–Trinajstić information content (AvgIpc) is 2.38. The quantitative estimate of drug-likeness (QED) is 0.864. The normalized spacial score (nSPS) is 18.6. The summed E-state index contributed by atoms with van der Waals surface area (Å²) in [7, 11) is 0. The van der Waals surface area contributed by atoms with Gasteiger partial charge in [0.05, 0.1) is 6.10 Å². The topological polar surface area (TPSA) is 49.2 Å². The van der Waals surface area contributed by atoms with E-state index in [0.717, 1.165) is 55.0 Å². The predicted molar refractivity (Wildman–Crippen MR) is 80.3 cm³/mol. The molecule has 1 aliphatic rings. The fraction of sp³-hybridized carbons (Fsp3) is 0.714. The van der Waals surface area contributed by atoms with E-state index in [-0.39, 0.29) is 6.10 Å². The molecule has 0 amide bonds. The second-order valence-corrected chi connectivity index (χ2v) is 6.09. The summed E-state index contributed by atoms with van der Waals surface area (Å²) in [6.07, 6.45) is 3.83. The second kappa shape index (κ2) is 6.66. The van der Waals surface area contributed by atoms with Crippen molar-refractivity contribution in [1.29, 1.82) is 0 Å². The van der Waals surface area contributed by atoms with Gasteiger partial charge < -0.3 is 10.0 Å². The minimum absolute atomic E-state index is 0.199. The van der Waals surface area contributed by atoms with E-state index in [1.807, 2.05) is 13.0 Å². The van der Waals surface area contributed by atoms with Gasteiger partial charge in [0.1, 0.15) is 16.2 Å². The maximum absolute atomic E-state index is 9.64. The van der Waals surface area contributed by atoms with Gasteiger partial charge in [0, 0.05) is 25.6 Å². The first kappa shape index (κ1) is 14.7. The minimum atomic E-state index is -0.199. The predicted octanol–water partition coefficient (Wildman–Crippen LogP) is 2.79. The molecule has 2 heterocycles. The third-order valence-corrected chi connectivity index (χ3v) is 4.15. The fourth-order valence-corrected chi connectivity index (χ4v) is 2.97. The van der Waals surface area contributed by atoms with Crippen LogP contribution in [0.15, 0.2) is 10.7 Å². The third kappa shape index (κ3) is 3.89. The van der Waals surface area contributed by atoms with E-state index >= 15 is 0 Å². The Hall–Kier alpha value is -0.680. The summed E-state index contributed by atoms with van der Waals surface area (Å²) in [4.78, 5) is 11.3. The molecule has 1 aromatic rings. The third-order valence-electron chi connectivity index (χ3n) is 3.75. The maximum atomic E-state index is 9.64. The molecular weight excluding hydrogens is 306 g/mol. The molecule has 1 aliphatic heterocycles. The molecule has 1 unspecified atom stereocenters. The van der Waals surface area contributed by atoms with Crippen molar-refractivity contribution in [2.45, 2.75) is 45.6 Å². The lowest BCUT2D eigenvalue weighted by atomic mass is 9.92. The number of aryl methyl sites for hydroxylation is 1. The van der Waals surface area contributed by atoms with Crippen LogP contribution in [-0.4, -0.2) is 34.3 Å². The Morgan fingerprint density at radius 3 is 2.68 bits per heavy atom. The van der Waals surface area contributed by atoms with Crippen molar-refractivity contribution in [2.75, 3.05) is 18.0 Å². The summed E-state index contributed by atoms with van der Waals surface area (Å²) in [5.41, 5.74) is 0. The SMILES string of the molecule is CCCc1nc(Br)cc(N2CCC(C(C)O)CC2)n1. The van der Waals surface area contributed by atoms with E-state index in [2.05, 4.69) is 37.7 Å². The van der Waals surface area contributed by atoms with Gasteiger partial charge in [-0.05, 0) is 48.0 Å². The van der Waals surface area contributed by atoms with Gasteiger partial charge in [-0.3, -0.25) is 0 Å². The first-order valence-corrected chi connectivity index (χ1v) is 7.86. The van der Waals surface area contributed by atoms with Gasteiger partial charge in [-0.1, -0.05) is 6.92 Å². The van der Waals surface area contributed by atoms with Crippen molar-refractivity contribution < 1.29 is 5.11 Å². The summed E-state index contributed by atoms with van der Waals surface area (Å²) in [5.74, 6) is 2.34. The van der Waals surface area contributed by atoms with E-state index in [4.69, 9.17) is 0 Å². The summed E-state index contributed by atoms with van der Waals surface area (Å²) in [6.45, 7) is 5.95. The van der Waals surface area contributed by atoms with E-state index < -0.39 is 0 Å². The van der Waals surface area contributed by atoms with Gasteiger partial charge in [-0.15, -0.1) is 0 Å². The lowest BCUT2D eigenvalue weighted by Gasteiger charge is -2.34. The number of hydrogen-bond acceptors (Lipinski definition) is 4. The molecule has 106 valence electrons. The van der Waals surface area contributed by atoms with Gasteiger partial charge in [0.15, 0.2) is 0 Å². The zero-order valence-corrected chi connectivity index (χ0v) is 13.2. The summed E-state index contributed by atoms with van der Waals surface area (Å²) in [5, 5.41) is 9.64. The highest BCUT2D eigenvalue weighted by Gasteiger charge is 2.23. The van der Waals surface area contributed by atoms with E-state index in [9.17, 15) is 5.11 Å². The summed E-state index contributed by atoms with van der Waals surface area (Å²) in [6, 6.07) is 1.99. The zero-order valence-electron chi connectivity index (χ0n) is 11.6. The number of aromatic nitrogens is 2. The molecule has 19 heavy (non-hydrogen) atoms. The molecule has 2 rings (SSSR count). The highest BCUT2D eigenvalue weighted by molar-refractivity contribution is 9.10. The number of rotatable bonds is 4. The second-order valence-electron chi connectivity index (χ2n) is 5.28. The number of nitrogens with zero attached hydrogens (tertiary/aromatic N) is 3. The van der Waals surface area contributed by atoms with Crippen LogP contribution in [0.4, 0.5) is 5.82 Å². The molecule has 1 atom stereocenters. The zero-order chi connectivity index (χ0) is 13.8. The van der Waals surface area contributed by atoms with Crippen LogP contribution < -0.4 is 4.90 Å². The van der Waals surface area contributed by atoms with Crippen LogP contribution >= 0.6 is 15.9 Å². The van der Waals surface area contributed by atoms with Crippen molar-refractivity contribution in [3.8, 4) is 0 Å². The molecule has 0 radical (unpaired) electrons. The lowest BCUT2D eigenvalue weighted by Crippen LogP contribution is -2.37. The number of aliphatic hydroxyl groups is 1. The Morgan fingerprint density at radius 2 is 2.11 bits per heavy atom. The molecule has 1 aromatic heterocycles. The lowest BCUT2D eigenvalue weighted by molar-refractivity contribution is 0.110. The number of hydrogen-bond donors (Lipinski definition) is 1. The van der Waals surface area contributed by atoms with E-state index in [1.165, 1.54) is 0 Å². The molecule has 5 heteroatoms. The molecule has 0 saturated carbocycles. The van der Waals surface area contributed by atoms with Crippen LogP contribution in [0.5, 0.6) is 0 Å². The number of aliphatic hydroxyl groups excluding tert-OH is 1. The van der Waals surface area contributed by atoms with E-state index in [1.54, 1.807) is 0 Å². The fourth-order valence-electron chi connectivity index (χ4n) is 2.56. The Balaban J connectivity index is 2.06. The van der Waals surface area contributed by atoms with E-state index in [0.29, 0.717) is 5.92 Å². The largest absolute Gasteiger partial charge is 0.393 e. The van der Waals surface area contributed by atoms with Crippen molar-refractivity contribution in [3.05, 3.63) is 16.5 Å². The summed E-state index contributed by atoms with van der Waals surface area (Å²) < 4.78 is 0.860. The molecule has 1 saturated heterocycles. The number of halogens is 1. The Kier molecular flexibility index (Phi) is 5.16. The Labute approximate surface area is 123 Å². The summed E-state index contributed by atoms with van der Waals surface area (Å²) >= 11 is 3.47. The van der Waals surface area contributed by atoms with Crippen LogP contribution in [0.3, 0.4) is 0 Å². The van der Waals surface area contributed by atoms with Gasteiger partial charge >= 0.3 is 0 Å². The highest BCUT2D eigenvalue weighted by atomic mass is 79.9. The van der Waals surface area contributed by atoms with Gasteiger partial charge in [-0.2, -0.15) is 0 Å². The van der Waals surface area contributed by atoms with Crippen LogP contribution in [0.1, 0.15) is 38.9 Å². The van der Waals surface area contributed by atoms with Crippen LogP contribution in [-0.2, 0) is 6.42 Å². The first-order chi connectivity index (χ1) is 9.10. The maximum Gasteiger partial charge on any atom is 0.133 e. The van der Waals surface area contributed by atoms with Gasteiger partial charge in [0.25, 0.3) is 0 Å². The number of piperidine rings is 1. The molecule has 1 fully saturated rings. The monoisotopic (exact) mass is 327 g/mol. The minimum Gasteiger partial charge on any atom is -0.393 e. The standard InChI is InChI=1S/C14H22BrN3O/c1-3-4-13-16-12(15)9-14(17-13)18-7-5-11(6-8-18)10(2)19/h9-11,19H,3-8H2,1-2H3. The molecular formula is C14H22BrN3O. The van der Waals surface area contributed by atoms with Crippen molar-refractivity contribution in [1.82, 2.24) is 9.97 Å². The smallest absolute Gasteiger partial charge is 0.133 e. The molecule has 0 bridgehead atoms. The molecule has 4 nitrogen and oxygen atoms in total. The van der Waals surface area contributed by atoms with Gasteiger partial charge in [-0.25, -0.2) is 9.97 Å². The molecule has 0 spiro atoms. The van der Waals surface area contributed by atoms with Crippen LogP contribution in [0.2, 0.25) is 0 Å². The first-order valence-electron chi connectivity index (χ1n) is 7.06.